The molecule has 1 fully saturated rings. The van der Waals surface area contributed by atoms with Gasteiger partial charge >= 0.3 is 29.8 Å². The van der Waals surface area contributed by atoms with E-state index in [4.69, 9.17) is 50.5 Å². The number of ether oxygens (including phenoxy) is 7. The lowest BCUT2D eigenvalue weighted by molar-refractivity contribution is -0.313. The average molecular weight is 758 g/mol. The van der Waals surface area contributed by atoms with Crippen molar-refractivity contribution in [1.82, 2.24) is 10.6 Å². The van der Waals surface area contributed by atoms with Gasteiger partial charge in [0.1, 0.15) is 12.2 Å². The summed E-state index contributed by atoms with van der Waals surface area (Å²) in [6.07, 6.45) is -4.28. The molecule has 0 aliphatic carbocycles. The highest BCUT2D eigenvalue weighted by molar-refractivity contribution is 6.30. The summed E-state index contributed by atoms with van der Waals surface area (Å²) in [6, 6.07) is 5.05. The van der Waals surface area contributed by atoms with E-state index in [2.05, 4.69) is 10.6 Å². The molecule has 0 aromatic heterocycles. The monoisotopic (exact) mass is 757 g/mol. The van der Waals surface area contributed by atoms with E-state index < -0.39 is 97.5 Å². The van der Waals surface area contributed by atoms with Crippen LogP contribution in [0.25, 0.3) is 0 Å². The highest BCUT2D eigenvalue weighted by Crippen LogP contribution is 2.37. The first-order valence-corrected chi connectivity index (χ1v) is 17.0. The van der Waals surface area contributed by atoms with Crippen molar-refractivity contribution in [3.63, 3.8) is 0 Å². The molecule has 1 saturated heterocycles. The lowest BCUT2D eigenvalue weighted by atomic mass is 9.87. The van der Waals surface area contributed by atoms with Gasteiger partial charge in [-0.25, -0.2) is 4.79 Å². The molecule has 2 amide bonds. The Morgan fingerprint density at radius 2 is 1.56 bits per heavy atom. The Labute approximate surface area is 306 Å². The maximum Gasteiger partial charge on any atom is 0.366 e. The van der Waals surface area contributed by atoms with Crippen LogP contribution in [0.4, 0.5) is 0 Å². The van der Waals surface area contributed by atoms with Crippen LogP contribution in [0.15, 0.2) is 24.3 Å². The van der Waals surface area contributed by atoms with E-state index in [0.29, 0.717) is 30.0 Å². The summed E-state index contributed by atoms with van der Waals surface area (Å²) < 4.78 is 39.0. The fourth-order valence-electron chi connectivity index (χ4n) is 5.44. The van der Waals surface area contributed by atoms with Crippen LogP contribution < -0.4 is 16.4 Å². The Balaban J connectivity index is 2.64. The molecule has 0 spiro atoms. The van der Waals surface area contributed by atoms with E-state index in [1.165, 1.54) is 0 Å². The van der Waals surface area contributed by atoms with Gasteiger partial charge in [0, 0.05) is 32.7 Å². The zero-order valence-electron chi connectivity index (χ0n) is 29.9. The number of carbonyl (C=O) groups is 7. The first-order chi connectivity index (χ1) is 24.6. The van der Waals surface area contributed by atoms with E-state index in [0.717, 1.165) is 47.6 Å². The van der Waals surface area contributed by atoms with E-state index >= 15 is 0 Å². The smallest absolute Gasteiger partial charge is 0.366 e. The first-order valence-electron chi connectivity index (χ1n) is 16.7. The van der Waals surface area contributed by atoms with Gasteiger partial charge in [0.15, 0.2) is 18.8 Å². The van der Waals surface area contributed by atoms with Crippen molar-refractivity contribution in [2.75, 3.05) is 33.4 Å². The molecule has 1 aromatic carbocycles. The highest BCUT2D eigenvalue weighted by atomic mass is 35.5. The topological polar surface area (TPSA) is 234 Å². The van der Waals surface area contributed by atoms with Gasteiger partial charge in [-0.3, -0.25) is 28.8 Å². The molecule has 0 saturated carbocycles. The maximum absolute atomic E-state index is 13.5. The molecule has 290 valence electrons. The van der Waals surface area contributed by atoms with Gasteiger partial charge in [0.05, 0.1) is 39.1 Å². The molecular weight excluding hydrogens is 710 g/mol. The van der Waals surface area contributed by atoms with Crippen molar-refractivity contribution in [1.29, 1.82) is 0 Å². The third-order valence-corrected chi connectivity index (χ3v) is 7.87. The number of amides is 2. The molecule has 0 radical (unpaired) electrons. The quantitative estimate of drug-likeness (QED) is 0.0958. The number of methoxy groups -OCH3 is 1. The predicted octanol–water partition coefficient (Wildman–Crippen LogP) is 1.04. The van der Waals surface area contributed by atoms with Gasteiger partial charge in [-0.05, 0) is 37.1 Å². The minimum absolute atomic E-state index is 0.0466. The van der Waals surface area contributed by atoms with Gasteiger partial charge in [0.25, 0.3) is 11.7 Å². The normalized spacial score (nSPS) is 20.7. The van der Waals surface area contributed by atoms with E-state index in [1.54, 1.807) is 24.3 Å². The third kappa shape index (κ3) is 14.7. The van der Waals surface area contributed by atoms with Crippen molar-refractivity contribution >= 4 is 53.3 Å². The minimum Gasteiger partial charge on any atom is -0.465 e. The highest BCUT2D eigenvalue weighted by Gasteiger charge is 2.59. The van der Waals surface area contributed by atoms with Crippen LogP contribution in [0.5, 0.6) is 0 Å². The van der Waals surface area contributed by atoms with Crippen LogP contribution in [-0.4, -0.2) is 111 Å². The van der Waals surface area contributed by atoms with Gasteiger partial charge in [-0.1, -0.05) is 36.6 Å². The standard InChI is InChI=1S/C34H48ClN3O14/c1-20(39)47-19-29(44)38-30-26(49-21(2)40)17-34(33(45)46-5,48-15-9-7-6-8-14-36)52-32(30)31(51-23(4)42)27(50-22(3)41)18-37-28(43)16-24-10-12-25(35)13-11-24/h10-13,26-27,30-32H,6-9,14-19,36H2,1-5H3,(H,37,43)(H,38,44)/t26-,27+,30+,31+,32+,34+/m0/s1. The maximum atomic E-state index is 13.5. The molecule has 6 atom stereocenters. The van der Waals surface area contributed by atoms with Gasteiger partial charge in [0.2, 0.25) is 5.91 Å². The number of esters is 5. The summed E-state index contributed by atoms with van der Waals surface area (Å²) in [4.78, 5) is 88.5. The second kappa shape index (κ2) is 21.9. The SMILES string of the molecule is COC(=O)[C@@]1(OCCCCCCN)C[C@H](OC(C)=O)[C@@H](NC(=O)COC(C)=O)[C@H]([C@H](OC(C)=O)[C@@H](CNC(=O)Cc2ccc(Cl)cc2)OC(C)=O)O1. The number of rotatable bonds is 20. The summed E-state index contributed by atoms with van der Waals surface area (Å²) in [5.74, 6) is -8.14. The van der Waals surface area contributed by atoms with Crippen LogP contribution >= 0.6 is 11.6 Å². The molecule has 1 aromatic rings. The van der Waals surface area contributed by atoms with Crippen molar-refractivity contribution in [2.45, 2.75) is 102 Å². The zero-order valence-corrected chi connectivity index (χ0v) is 30.7. The van der Waals surface area contributed by atoms with Gasteiger partial charge < -0.3 is 49.5 Å². The van der Waals surface area contributed by atoms with Crippen LogP contribution in [0.2, 0.25) is 5.02 Å². The number of hydrogen-bond acceptors (Lipinski definition) is 15. The van der Waals surface area contributed by atoms with Crippen molar-refractivity contribution < 1.29 is 66.7 Å². The van der Waals surface area contributed by atoms with Crippen LogP contribution in [0, 0.1) is 0 Å². The first kappa shape index (κ1) is 43.8. The molecular formula is C34H48ClN3O14. The Morgan fingerprint density at radius 1 is 0.904 bits per heavy atom. The molecule has 0 bridgehead atoms. The van der Waals surface area contributed by atoms with Gasteiger partial charge in [-0.15, -0.1) is 0 Å². The molecule has 4 N–H and O–H groups in total. The number of nitrogens with one attached hydrogen (secondary N) is 2. The molecule has 0 unspecified atom stereocenters. The number of nitrogens with two attached hydrogens (primary N) is 1. The number of benzene rings is 1. The third-order valence-electron chi connectivity index (χ3n) is 7.62. The van der Waals surface area contributed by atoms with E-state index in [1.807, 2.05) is 0 Å². The second-order valence-electron chi connectivity index (χ2n) is 11.9. The fourth-order valence-corrected chi connectivity index (χ4v) is 5.56. The Kier molecular flexibility index (Phi) is 18.5. The summed E-state index contributed by atoms with van der Waals surface area (Å²) in [6.45, 7) is 3.51. The molecule has 2 rings (SSSR count). The molecule has 52 heavy (non-hydrogen) atoms. The van der Waals surface area contributed by atoms with Crippen molar-refractivity contribution in [3.05, 3.63) is 34.9 Å². The molecule has 17 nitrogen and oxygen atoms in total. The predicted molar refractivity (Wildman–Crippen MR) is 181 cm³/mol. The Bertz CT molecular complexity index is 1390. The Hall–Kier alpha value is -4.32. The number of unbranched alkanes of at least 4 members (excludes halogenated alkanes) is 3. The molecule has 18 heteroatoms. The fraction of sp³-hybridized carbons (Fsp3) is 0.618. The van der Waals surface area contributed by atoms with Crippen LogP contribution in [0.1, 0.15) is 65.4 Å². The summed E-state index contributed by atoms with van der Waals surface area (Å²) in [5.41, 5.74) is 6.19. The van der Waals surface area contributed by atoms with E-state index in [-0.39, 0.29) is 13.0 Å². The van der Waals surface area contributed by atoms with Crippen LogP contribution in [-0.2, 0) is 73.1 Å². The summed E-state index contributed by atoms with van der Waals surface area (Å²) >= 11 is 5.94. The summed E-state index contributed by atoms with van der Waals surface area (Å²) in [5, 5.41) is 5.66. The van der Waals surface area contributed by atoms with Crippen LogP contribution in [0.3, 0.4) is 0 Å². The number of halogens is 1. The largest absolute Gasteiger partial charge is 0.465 e. The van der Waals surface area contributed by atoms with E-state index in [9.17, 15) is 33.6 Å². The average Bonchev–Trinajstić information content (AvgIpc) is 3.07. The minimum atomic E-state index is -2.30. The lowest BCUT2D eigenvalue weighted by Gasteiger charge is -2.48. The second-order valence-corrected chi connectivity index (χ2v) is 12.4. The van der Waals surface area contributed by atoms with Gasteiger partial charge in [-0.2, -0.15) is 0 Å². The molecule has 1 aliphatic rings. The lowest BCUT2D eigenvalue weighted by Crippen LogP contribution is -2.70. The molecule has 1 aliphatic heterocycles. The summed E-state index contributed by atoms with van der Waals surface area (Å²) in [7, 11) is 1.07. The molecule has 1 heterocycles. The number of carbonyl (C=O) groups excluding carboxylic acids is 7. The zero-order chi connectivity index (χ0) is 38.8. The van der Waals surface area contributed by atoms with Crippen molar-refractivity contribution in [3.8, 4) is 0 Å². The Morgan fingerprint density at radius 3 is 2.13 bits per heavy atom. The number of hydrogen-bond donors (Lipinski definition) is 3. The van der Waals surface area contributed by atoms with Crippen molar-refractivity contribution in [2.24, 2.45) is 5.73 Å².